The highest BCUT2D eigenvalue weighted by Gasteiger charge is 2.35. The lowest BCUT2D eigenvalue weighted by Crippen LogP contribution is -2.09. The summed E-state index contributed by atoms with van der Waals surface area (Å²) in [5.74, 6) is -1.12. The largest absolute Gasteiger partial charge is 0.465 e. The van der Waals surface area contributed by atoms with E-state index in [0.29, 0.717) is 0 Å². The second-order valence-corrected chi connectivity index (χ2v) is 4.32. The number of hydrogen-bond acceptors (Lipinski definition) is 6. The number of ether oxygens (including phenoxy) is 1. The monoisotopic (exact) mass is 306 g/mol. The van der Waals surface area contributed by atoms with Gasteiger partial charge >= 0.3 is 11.5 Å². The number of nitro benzene ring substituents is 1. The molecule has 0 fully saturated rings. The van der Waals surface area contributed by atoms with E-state index in [1.54, 1.807) is 0 Å². The van der Waals surface area contributed by atoms with Crippen LogP contribution in [0.4, 0.5) is 18.9 Å². The van der Waals surface area contributed by atoms with E-state index >= 15 is 0 Å². The van der Waals surface area contributed by atoms with Gasteiger partial charge in [-0.25, -0.2) is 4.79 Å². The van der Waals surface area contributed by atoms with E-state index in [-0.39, 0.29) is 0 Å². The molecule has 0 heterocycles. The van der Waals surface area contributed by atoms with Crippen molar-refractivity contribution in [1.29, 1.82) is 5.26 Å². The van der Waals surface area contributed by atoms with E-state index in [1.807, 2.05) is 0 Å². The van der Waals surface area contributed by atoms with Crippen LogP contribution in [0.25, 0.3) is 0 Å². The third kappa shape index (κ3) is 3.39. The zero-order chi connectivity index (χ0) is 15.5. The molecule has 6 nitrogen and oxygen atoms in total. The maximum atomic E-state index is 12.5. The normalized spacial score (nSPS) is 10.8. The van der Waals surface area contributed by atoms with Crippen molar-refractivity contribution in [2.75, 3.05) is 7.11 Å². The standard InChI is InChI=1S/C10H5F3N2O4S/c1-19-9(16)5-2-3-7(15(17)18)6(4-14)8(5)20-10(11,12)13/h2-3H,1H3. The summed E-state index contributed by atoms with van der Waals surface area (Å²) in [5, 5.41) is 19.5. The molecule has 106 valence electrons. The Morgan fingerprint density at radius 1 is 1.50 bits per heavy atom. The number of methoxy groups -OCH3 is 1. The van der Waals surface area contributed by atoms with Crippen LogP contribution in [0.1, 0.15) is 15.9 Å². The summed E-state index contributed by atoms with van der Waals surface area (Å²) in [4.78, 5) is 20.2. The second-order valence-electron chi connectivity index (χ2n) is 3.24. The molecule has 0 radical (unpaired) electrons. The molecular formula is C10H5F3N2O4S. The van der Waals surface area contributed by atoms with E-state index in [4.69, 9.17) is 5.26 Å². The number of thioether (sulfide) groups is 1. The van der Waals surface area contributed by atoms with Crippen molar-refractivity contribution in [2.45, 2.75) is 10.4 Å². The third-order valence-corrected chi connectivity index (χ3v) is 2.93. The van der Waals surface area contributed by atoms with Crippen molar-refractivity contribution < 1.29 is 27.6 Å². The minimum Gasteiger partial charge on any atom is -0.465 e. The van der Waals surface area contributed by atoms with Crippen LogP contribution in [-0.4, -0.2) is 23.5 Å². The van der Waals surface area contributed by atoms with Crippen molar-refractivity contribution in [3.8, 4) is 6.07 Å². The summed E-state index contributed by atoms with van der Waals surface area (Å²) in [7, 11) is 0.942. The van der Waals surface area contributed by atoms with Crippen molar-refractivity contribution in [1.82, 2.24) is 0 Å². The van der Waals surface area contributed by atoms with Crippen molar-refractivity contribution in [3.63, 3.8) is 0 Å². The summed E-state index contributed by atoms with van der Waals surface area (Å²) in [6.07, 6.45) is 0. The molecule has 1 aromatic carbocycles. The molecule has 0 aliphatic rings. The first-order valence-electron chi connectivity index (χ1n) is 4.76. The van der Waals surface area contributed by atoms with E-state index in [0.717, 1.165) is 19.2 Å². The van der Waals surface area contributed by atoms with Crippen LogP contribution in [-0.2, 0) is 4.74 Å². The first-order valence-corrected chi connectivity index (χ1v) is 5.58. The Morgan fingerprint density at radius 3 is 2.50 bits per heavy atom. The Morgan fingerprint density at radius 2 is 2.10 bits per heavy atom. The molecule has 10 heteroatoms. The highest BCUT2D eigenvalue weighted by molar-refractivity contribution is 8.00. The van der Waals surface area contributed by atoms with Gasteiger partial charge < -0.3 is 4.74 Å². The Hall–Kier alpha value is -2.28. The van der Waals surface area contributed by atoms with Crippen LogP contribution in [0.2, 0.25) is 0 Å². The molecule has 1 rings (SSSR count). The Bertz CT molecular complexity index is 610. The number of benzene rings is 1. The smallest absolute Gasteiger partial charge is 0.446 e. The number of carbonyl (C=O) groups is 1. The highest BCUT2D eigenvalue weighted by Crippen LogP contribution is 2.42. The lowest BCUT2D eigenvalue weighted by molar-refractivity contribution is -0.385. The van der Waals surface area contributed by atoms with Gasteiger partial charge in [-0.3, -0.25) is 10.1 Å². The summed E-state index contributed by atoms with van der Waals surface area (Å²) >= 11 is -0.774. The third-order valence-electron chi connectivity index (χ3n) is 2.07. The number of hydrogen-bond donors (Lipinski definition) is 0. The number of rotatable bonds is 3. The molecule has 0 amide bonds. The average Bonchev–Trinajstić information content (AvgIpc) is 2.35. The number of nitrogens with zero attached hydrogens (tertiary/aromatic N) is 2. The molecule has 0 unspecified atom stereocenters. The molecule has 0 saturated heterocycles. The van der Waals surface area contributed by atoms with Gasteiger partial charge in [-0.05, 0) is 17.8 Å². The molecule has 20 heavy (non-hydrogen) atoms. The second kappa shape index (κ2) is 5.79. The summed E-state index contributed by atoms with van der Waals surface area (Å²) in [6.45, 7) is 0. The van der Waals surface area contributed by atoms with Gasteiger partial charge in [-0.2, -0.15) is 18.4 Å². The zero-order valence-electron chi connectivity index (χ0n) is 9.72. The number of carbonyl (C=O) groups excluding carboxylic acids is 1. The van der Waals surface area contributed by atoms with E-state index in [2.05, 4.69) is 4.74 Å². The van der Waals surface area contributed by atoms with Crippen LogP contribution < -0.4 is 0 Å². The fraction of sp³-hybridized carbons (Fsp3) is 0.200. The Kier molecular flexibility index (Phi) is 4.57. The maximum absolute atomic E-state index is 12.5. The Balaban J connectivity index is 3.61. The SMILES string of the molecule is COC(=O)c1ccc([N+](=O)[O-])c(C#N)c1SC(F)(F)F. The van der Waals surface area contributed by atoms with Gasteiger partial charge in [0.25, 0.3) is 5.69 Å². The molecule has 0 N–H and O–H groups in total. The van der Waals surface area contributed by atoms with Crippen LogP contribution >= 0.6 is 11.8 Å². The summed E-state index contributed by atoms with van der Waals surface area (Å²) in [6, 6.07) is 2.92. The van der Waals surface area contributed by atoms with Gasteiger partial charge in [0.05, 0.1) is 22.5 Å². The van der Waals surface area contributed by atoms with Gasteiger partial charge in [0.1, 0.15) is 11.6 Å². The minimum atomic E-state index is -4.82. The van der Waals surface area contributed by atoms with Crippen LogP contribution in [0, 0.1) is 21.4 Å². The van der Waals surface area contributed by atoms with Crippen molar-refractivity contribution >= 4 is 23.4 Å². The van der Waals surface area contributed by atoms with E-state index in [9.17, 15) is 28.1 Å². The van der Waals surface area contributed by atoms with Gasteiger partial charge in [0.15, 0.2) is 0 Å². The van der Waals surface area contributed by atoms with Crippen molar-refractivity contribution in [2.24, 2.45) is 0 Å². The molecule has 0 aliphatic carbocycles. The van der Waals surface area contributed by atoms with Gasteiger partial charge in [-0.1, -0.05) is 0 Å². The summed E-state index contributed by atoms with van der Waals surface area (Å²) < 4.78 is 41.7. The topological polar surface area (TPSA) is 93.2 Å². The molecule has 0 aromatic heterocycles. The van der Waals surface area contributed by atoms with Crippen LogP contribution in [0.15, 0.2) is 17.0 Å². The fourth-order valence-corrected chi connectivity index (χ4v) is 2.07. The lowest BCUT2D eigenvalue weighted by Gasteiger charge is -2.11. The quantitative estimate of drug-likeness (QED) is 0.369. The molecule has 0 bridgehead atoms. The van der Waals surface area contributed by atoms with Gasteiger partial charge in [0.2, 0.25) is 0 Å². The van der Waals surface area contributed by atoms with E-state index in [1.165, 1.54) is 6.07 Å². The average molecular weight is 306 g/mol. The van der Waals surface area contributed by atoms with E-state index < -0.39 is 49.9 Å². The van der Waals surface area contributed by atoms with Gasteiger partial charge in [-0.15, -0.1) is 0 Å². The molecule has 0 spiro atoms. The predicted octanol–water partition coefficient (Wildman–Crippen LogP) is 2.86. The molecular weight excluding hydrogens is 301 g/mol. The number of nitro groups is 1. The Labute approximate surface area is 114 Å². The fourth-order valence-electron chi connectivity index (χ4n) is 1.32. The maximum Gasteiger partial charge on any atom is 0.446 e. The van der Waals surface area contributed by atoms with Crippen molar-refractivity contribution in [3.05, 3.63) is 33.4 Å². The molecule has 1 aromatic rings. The van der Waals surface area contributed by atoms with Crippen LogP contribution in [0.3, 0.4) is 0 Å². The molecule has 0 aliphatic heterocycles. The number of halogens is 3. The van der Waals surface area contributed by atoms with Crippen LogP contribution in [0.5, 0.6) is 0 Å². The summed E-state index contributed by atoms with van der Waals surface area (Å²) in [5.41, 5.74) is -7.02. The number of esters is 1. The molecule has 0 saturated carbocycles. The first-order chi connectivity index (χ1) is 9.21. The number of nitriles is 1. The lowest BCUT2D eigenvalue weighted by atomic mass is 10.1. The molecule has 0 atom stereocenters. The van der Waals surface area contributed by atoms with Gasteiger partial charge in [0, 0.05) is 6.07 Å². The number of alkyl halides is 3. The zero-order valence-corrected chi connectivity index (χ0v) is 10.5. The predicted molar refractivity (Wildman–Crippen MR) is 61.1 cm³/mol. The highest BCUT2D eigenvalue weighted by atomic mass is 32.2. The first kappa shape index (κ1) is 15.8. The minimum absolute atomic E-state index is 0.558.